The molecule has 2 aliphatic rings. The van der Waals surface area contributed by atoms with Gasteiger partial charge in [0, 0.05) is 30.9 Å². The minimum atomic E-state index is -0.471. The number of fused-ring (bicyclic) bond motifs is 3. The van der Waals surface area contributed by atoms with Crippen LogP contribution in [0.2, 0.25) is 0 Å². The molecule has 3 atom stereocenters. The third kappa shape index (κ3) is 3.29. The van der Waals surface area contributed by atoms with Crippen molar-refractivity contribution in [2.75, 3.05) is 6.54 Å². The zero-order valence-corrected chi connectivity index (χ0v) is 17.3. The van der Waals surface area contributed by atoms with E-state index in [1.165, 1.54) is 10.8 Å². The van der Waals surface area contributed by atoms with Gasteiger partial charge in [0.15, 0.2) is 0 Å². The molecule has 0 radical (unpaired) electrons. The molecule has 1 aliphatic carbocycles. The maximum atomic E-state index is 12.6. The van der Waals surface area contributed by atoms with E-state index in [0.29, 0.717) is 17.6 Å². The topological polar surface area (TPSA) is 81.7 Å². The standard InChI is InChI=1S/C20H29N5O3/c1-12(2)16-10-23(18-21-11-22-25(18)17(16)26)8-13-6-15-7-14(13)9-24(15)19(27)28-20(3,4)5/h10-15H,6-9H2,1-5H3/t13-,14-,15+/m0/s1. The summed E-state index contributed by atoms with van der Waals surface area (Å²) in [4.78, 5) is 31.2. The Kier molecular flexibility index (Phi) is 4.47. The Balaban J connectivity index is 1.52. The Morgan fingerprint density at radius 3 is 2.68 bits per heavy atom. The molecule has 2 bridgehead atoms. The number of ether oxygens (including phenoxy) is 1. The first-order chi connectivity index (χ1) is 13.1. The number of carbonyl (C=O) groups excluding carboxylic acids is 1. The Bertz CT molecular complexity index is 955. The molecule has 8 heteroatoms. The third-order valence-electron chi connectivity index (χ3n) is 5.89. The lowest BCUT2D eigenvalue weighted by Gasteiger charge is -2.33. The summed E-state index contributed by atoms with van der Waals surface area (Å²) in [6.45, 7) is 11.2. The van der Waals surface area contributed by atoms with E-state index < -0.39 is 5.60 Å². The van der Waals surface area contributed by atoms with Gasteiger partial charge in [-0.2, -0.15) is 14.6 Å². The van der Waals surface area contributed by atoms with Gasteiger partial charge in [0.05, 0.1) is 0 Å². The van der Waals surface area contributed by atoms with E-state index in [4.69, 9.17) is 4.74 Å². The van der Waals surface area contributed by atoms with E-state index in [0.717, 1.165) is 31.5 Å². The smallest absolute Gasteiger partial charge is 0.410 e. The van der Waals surface area contributed by atoms with Crippen LogP contribution < -0.4 is 5.56 Å². The molecule has 1 saturated carbocycles. The van der Waals surface area contributed by atoms with Gasteiger partial charge in [-0.3, -0.25) is 4.79 Å². The fourth-order valence-electron chi connectivity index (χ4n) is 4.59. The summed E-state index contributed by atoms with van der Waals surface area (Å²) in [5.74, 6) is 1.60. The van der Waals surface area contributed by atoms with Crippen molar-refractivity contribution in [2.24, 2.45) is 11.8 Å². The number of hydrogen-bond acceptors (Lipinski definition) is 5. The maximum Gasteiger partial charge on any atom is 0.410 e. The van der Waals surface area contributed by atoms with Crippen LogP contribution in [-0.4, -0.2) is 48.3 Å². The van der Waals surface area contributed by atoms with E-state index in [9.17, 15) is 9.59 Å². The Hall–Kier alpha value is -2.38. The van der Waals surface area contributed by atoms with E-state index in [-0.39, 0.29) is 23.6 Å². The second-order valence-electron chi connectivity index (χ2n) is 9.45. The van der Waals surface area contributed by atoms with Gasteiger partial charge < -0.3 is 14.2 Å². The quantitative estimate of drug-likeness (QED) is 0.809. The molecule has 8 nitrogen and oxygen atoms in total. The highest BCUT2D eigenvalue weighted by molar-refractivity contribution is 5.69. The van der Waals surface area contributed by atoms with Crippen molar-refractivity contribution in [2.45, 2.75) is 71.6 Å². The highest BCUT2D eigenvalue weighted by Gasteiger charge is 2.47. The Morgan fingerprint density at radius 2 is 2.07 bits per heavy atom. The highest BCUT2D eigenvalue weighted by Crippen LogP contribution is 2.43. The predicted molar refractivity (Wildman–Crippen MR) is 104 cm³/mol. The first-order valence-electron chi connectivity index (χ1n) is 10.1. The monoisotopic (exact) mass is 387 g/mol. The number of likely N-dealkylation sites (tertiary alicyclic amines) is 1. The number of rotatable bonds is 3. The van der Waals surface area contributed by atoms with Gasteiger partial charge in [-0.15, -0.1) is 0 Å². The molecule has 1 aliphatic heterocycles. The zero-order chi connectivity index (χ0) is 20.2. The number of hydrogen-bond donors (Lipinski definition) is 0. The van der Waals surface area contributed by atoms with E-state index in [1.54, 1.807) is 0 Å². The minimum absolute atomic E-state index is 0.0946. The molecule has 4 rings (SSSR count). The van der Waals surface area contributed by atoms with Crippen molar-refractivity contribution in [3.05, 3.63) is 28.4 Å². The lowest BCUT2D eigenvalue weighted by Crippen LogP contribution is -2.43. The van der Waals surface area contributed by atoms with Crippen molar-refractivity contribution in [1.82, 2.24) is 24.1 Å². The lowest BCUT2D eigenvalue weighted by molar-refractivity contribution is 0.0156. The van der Waals surface area contributed by atoms with Gasteiger partial charge >= 0.3 is 6.09 Å². The van der Waals surface area contributed by atoms with Gasteiger partial charge in [0.1, 0.15) is 11.9 Å². The summed E-state index contributed by atoms with van der Waals surface area (Å²) in [7, 11) is 0. The van der Waals surface area contributed by atoms with Gasteiger partial charge in [-0.1, -0.05) is 13.8 Å². The molecular formula is C20H29N5O3. The number of carbonyl (C=O) groups is 1. The lowest BCUT2D eigenvalue weighted by atomic mass is 9.94. The van der Waals surface area contributed by atoms with Crippen LogP contribution in [-0.2, 0) is 11.3 Å². The van der Waals surface area contributed by atoms with Crippen LogP contribution in [0.4, 0.5) is 4.79 Å². The van der Waals surface area contributed by atoms with Crippen LogP contribution in [0.1, 0.15) is 58.9 Å². The SMILES string of the molecule is CC(C)c1cn(C[C@@H]2C[C@@H]3C[C@H]2CN3C(=O)OC(C)(C)C)c2ncnn2c1=O. The summed E-state index contributed by atoms with van der Waals surface area (Å²) < 4.78 is 9.02. The second-order valence-corrected chi connectivity index (χ2v) is 9.45. The highest BCUT2D eigenvalue weighted by atomic mass is 16.6. The molecule has 3 heterocycles. The number of piperidine rings is 1. The average Bonchev–Trinajstić information content (AvgIpc) is 3.29. The largest absolute Gasteiger partial charge is 0.444 e. The average molecular weight is 387 g/mol. The normalized spacial score (nSPS) is 24.5. The molecule has 0 unspecified atom stereocenters. The summed E-state index contributed by atoms with van der Waals surface area (Å²) in [5.41, 5.74) is 0.181. The fourth-order valence-corrected chi connectivity index (χ4v) is 4.59. The first kappa shape index (κ1) is 19.0. The van der Waals surface area contributed by atoms with Crippen LogP contribution >= 0.6 is 0 Å². The fraction of sp³-hybridized carbons (Fsp3) is 0.700. The van der Waals surface area contributed by atoms with Crippen LogP contribution in [0, 0.1) is 11.8 Å². The van der Waals surface area contributed by atoms with Gasteiger partial charge in [0.25, 0.3) is 5.56 Å². The Labute approximate surface area is 164 Å². The number of nitrogens with zero attached hydrogens (tertiary/aromatic N) is 5. The molecule has 0 aromatic carbocycles. The van der Waals surface area contributed by atoms with Crippen LogP contribution in [0.3, 0.4) is 0 Å². The first-order valence-corrected chi connectivity index (χ1v) is 10.1. The van der Waals surface area contributed by atoms with Crippen molar-refractivity contribution >= 4 is 11.9 Å². The molecule has 1 amide bonds. The summed E-state index contributed by atoms with van der Waals surface area (Å²) in [6, 6.07) is 0.239. The molecule has 2 aromatic rings. The second kappa shape index (κ2) is 6.60. The predicted octanol–water partition coefficient (Wildman–Crippen LogP) is 2.66. The van der Waals surface area contributed by atoms with Crippen molar-refractivity contribution in [3.63, 3.8) is 0 Å². The maximum absolute atomic E-state index is 12.6. The zero-order valence-electron chi connectivity index (χ0n) is 17.3. The van der Waals surface area contributed by atoms with Crippen LogP contribution in [0.5, 0.6) is 0 Å². The van der Waals surface area contributed by atoms with E-state index >= 15 is 0 Å². The Morgan fingerprint density at radius 1 is 1.32 bits per heavy atom. The molecule has 152 valence electrons. The number of aromatic nitrogens is 4. The molecule has 0 spiro atoms. The summed E-state index contributed by atoms with van der Waals surface area (Å²) in [6.07, 6.45) is 5.14. The molecule has 2 fully saturated rings. The molecule has 0 N–H and O–H groups in total. The van der Waals surface area contributed by atoms with Gasteiger partial charge in [-0.25, -0.2) is 4.79 Å². The van der Waals surface area contributed by atoms with Crippen molar-refractivity contribution < 1.29 is 9.53 Å². The molecule has 28 heavy (non-hydrogen) atoms. The summed E-state index contributed by atoms with van der Waals surface area (Å²) in [5, 5.41) is 4.12. The number of amides is 1. The van der Waals surface area contributed by atoms with Gasteiger partial charge in [0.2, 0.25) is 5.78 Å². The van der Waals surface area contributed by atoms with Crippen LogP contribution in [0.25, 0.3) is 5.78 Å². The molecular weight excluding hydrogens is 358 g/mol. The van der Waals surface area contributed by atoms with E-state index in [1.807, 2.05) is 45.7 Å². The van der Waals surface area contributed by atoms with E-state index in [2.05, 4.69) is 14.6 Å². The van der Waals surface area contributed by atoms with Crippen molar-refractivity contribution in [1.29, 1.82) is 0 Å². The van der Waals surface area contributed by atoms with Crippen LogP contribution in [0.15, 0.2) is 17.3 Å². The third-order valence-corrected chi connectivity index (χ3v) is 5.89. The summed E-state index contributed by atoms with van der Waals surface area (Å²) >= 11 is 0. The van der Waals surface area contributed by atoms with Crippen molar-refractivity contribution in [3.8, 4) is 0 Å². The van der Waals surface area contributed by atoms with Gasteiger partial charge in [-0.05, 0) is 51.4 Å². The molecule has 2 aromatic heterocycles. The minimum Gasteiger partial charge on any atom is -0.444 e. The molecule has 1 saturated heterocycles.